The SMILES string of the molecule is C=C(CC(=O)OCCOCCCC)C(=O)OCC(=O)c1ccccc1. The van der Waals surface area contributed by atoms with Crippen molar-refractivity contribution in [1.29, 1.82) is 0 Å². The predicted molar refractivity (Wildman–Crippen MR) is 92.2 cm³/mol. The van der Waals surface area contributed by atoms with Gasteiger partial charge in [-0.2, -0.15) is 0 Å². The summed E-state index contributed by atoms with van der Waals surface area (Å²) >= 11 is 0. The van der Waals surface area contributed by atoms with E-state index in [0.29, 0.717) is 18.8 Å². The summed E-state index contributed by atoms with van der Waals surface area (Å²) < 4.78 is 15.1. The highest BCUT2D eigenvalue weighted by molar-refractivity contribution is 5.99. The van der Waals surface area contributed by atoms with Gasteiger partial charge in [0.05, 0.1) is 13.0 Å². The number of unbranched alkanes of at least 4 members (excludes halogenated alkanes) is 1. The van der Waals surface area contributed by atoms with Crippen LogP contribution in [-0.2, 0) is 23.8 Å². The average Bonchev–Trinajstić information content (AvgIpc) is 2.62. The largest absolute Gasteiger partial charge is 0.463 e. The van der Waals surface area contributed by atoms with E-state index < -0.39 is 18.5 Å². The summed E-state index contributed by atoms with van der Waals surface area (Å²) in [5, 5.41) is 0. The maximum Gasteiger partial charge on any atom is 0.334 e. The molecule has 0 atom stereocenters. The molecule has 1 aromatic rings. The first-order valence-electron chi connectivity index (χ1n) is 8.21. The molecule has 6 nitrogen and oxygen atoms in total. The van der Waals surface area contributed by atoms with Gasteiger partial charge in [0.25, 0.3) is 0 Å². The Bertz CT molecular complexity index is 579. The first-order valence-corrected chi connectivity index (χ1v) is 8.21. The van der Waals surface area contributed by atoms with Gasteiger partial charge < -0.3 is 14.2 Å². The smallest absolute Gasteiger partial charge is 0.334 e. The number of benzene rings is 1. The van der Waals surface area contributed by atoms with Gasteiger partial charge in [0.1, 0.15) is 6.61 Å². The van der Waals surface area contributed by atoms with Crippen molar-refractivity contribution < 1.29 is 28.6 Å². The van der Waals surface area contributed by atoms with Crippen molar-refractivity contribution in [3.8, 4) is 0 Å². The second-order valence-electron chi connectivity index (χ2n) is 5.33. The van der Waals surface area contributed by atoms with E-state index in [0.717, 1.165) is 12.8 Å². The number of Topliss-reactive ketones (excluding diaryl/α,β-unsaturated/α-hetero) is 1. The summed E-state index contributed by atoms with van der Waals surface area (Å²) in [6, 6.07) is 8.48. The maximum atomic E-state index is 11.8. The Morgan fingerprint density at radius 3 is 2.40 bits per heavy atom. The van der Waals surface area contributed by atoms with Gasteiger partial charge in [-0.05, 0) is 6.42 Å². The molecule has 0 aliphatic rings. The van der Waals surface area contributed by atoms with Gasteiger partial charge in [0, 0.05) is 17.7 Å². The van der Waals surface area contributed by atoms with Crippen LogP contribution in [0, 0.1) is 0 Å². The van der Waals surface area contributed by atoms with Gasteiger partial charge in [-0.1, -0.05) is 50.3 Å². The Morgan fingerprint density at radius 2 is 1.72 bits per heavy atom. The van der Waals surface area contributed by atoms with E-state index in [9.17, 15) is 14.4 Å². The summed E-state index contributed by atoms with van der Waals surface area (Å²) in [6.45, 7) is 6.22. The Balaban J connectivity index is 2.21. The number of carbonyl (C=O) groups excluding carboxylic acids is 3. The Hall–Kier alpha value is -2.47. The van der Waals surface area contributed by atoms with E-state index in [1.807, 2.05) is 0 Å². The van der Waals surface area contributed by atoms with Crippen molar-refractivity contribution >= 4 is 17.7 Å². The lowest BCUT2D eigenvalue weighted by Crippen LogP contribution is -2.18. The van der Waals surface area contributed by atoms with E-state index in [4.69, 9.17) is 14.2 Å². The zero-order chi connectivity index (χ0) is 18.5. The Kier molecular flexibility index (Phi) is 9.85. The van der Waals surface area contributed by atoms with Crippen LogP contribution in [0.25, 0.3) is 0 Å². The molecule has 0 radical (unpaired) electrons. The maximum absolute atomic E-state index is 11.8. The van der Waals surface area contributed by atoms with E-state index in [1.165, 1.54) is 0 Å². The Morgan fingerprint density at radius 1 is 1.00 bits per heavy atom. The van der Waals surface area contributed by atoms with E-state index in [1.54, 1.807) is 30.3 Å². The summed E-state index contributed by atoms with van der Waals surface area (Å²) in [6.07, 6.45) is 1.71. The minimum atomic E-state index is -0.791. The minimum absolute atomic E-state index is 0.0576. The molecule has 0 saturated carbocycles. The topological polar surface area (TPSA) is 78.9 Å². The monoisotopic (exact) mass is 348 g/mol. The summed E-state index contributed by atoms with van der Waals surface area (Å²) in [5.41, 5.74) is 0.390. The fourth-order valence-corrected chi connectivity index (χ4v) is 1.80. The second kappa shape index (κ2) is 12.0. The number of rotatable bonds is 12. The van der Waals surface area contributed by atoms with Crippen LogP contribution in [0.2, 0.25) is 0 Å². The molecular weight excluding hydrogens is 324 g/mol. The van der Waals surface area contributed by atoms with Crippen molar-refractivity contribution in [2.75, 3.05) is 26.4 Å². The van der Waals surface area contributed by atoms with Crippen molar-refractivity contribution in [3.05, 3.63) is 48.0 Å². The molecular formula is C19H24O6. The van der Waals surface area contributed by atoms with E-state index in [-0.39, 0.29) is 24.4 Å². The zero-order valence-electron chi connectivity index (χ0n) is 14.5. The van der Waals surface area contributed by atoms with E-state index >= 15 is 0 Å². The molecule has 136 valence electrons. The molecule has 0 N–H and O–H groups in total. The fraction of sp³-hybridized carbons (Fsp3) is 0.421. The van der Waals surface area contributed by atoms with Crippen LogP contribution in [0.4, 0.5) is 0 Å². The first kappa shape index (κ1) is 20.6. The predicted octanol–water partition coefficient (Wildman–Crippen LogP) is 2.72. The highest BCUT2D eigenvalue weighted by Gasteiger charge is 2.16. The quantitative estimate of drug-likeness (QED) is 0.250. The van der Waals surface area contributed by atoms with Crippen molar-refractivity contribution in [2.45, 2.75) is 26.2 Å². The molecule has 0 fully saturated rings. The zero-order valence-corrected chi connectivity index (χ0v) is 14.5. The molecule has 0 unspecified atom stereocenters. The van der Waals surface area contributed by atoms with Gasteiger partial charge in [-0.25, -0.2) is 4.79 Å². The lowest BCUT2D eigenvalue weighted by atomic mass is 10.1. The lowest BCUT2D eigenvalue weighted by Gasteiger charge is -2.08. The third-order valence-electron chi connectivity index (χ3n) is 3.21. The van der Waals surface area contributed by atoms with Crippen molar-refractivity contribution in [2.24, 2.45) is 0 Å². The molecule has 0 aromatic heterocycles. The summed E-state index contributed by atoms with van der Waals surface area (Å²) in [4.78, 5) is 35.2. The van der Waals surface area contributed by atoms with Crippen LogP contribution < -0.4 is 0 Å². The number of carbonyl (C=O) groups is 3. The average molecular weight is 348 g/mol. The number of esters is 2. The van der Waals surface area contributed by atoms with Crippen LogP contribution >= 0.6 is 0 Å². The normalized spacial score (nSPS) is 10.1. The molecule has 0 bridgehead atoms. The Labute approximate surface area is 147 Å². The number of ether oxygens (including phenoxy) is 3. The first-order chi connectivity index (χ1) is 12.0. The molecule has 6 heteroatoms. The van der Waals surface area contributed by atoms with Gasteiger partial charge >= 0.3 is 11.9 Å². The lowest BCUT2D eigenvalue weighted by molar-refractivity contribution is -0.147. The molecule has 0 heterocycles. The highest BCUT2D eigenvalue weighted by atomic mass is 16.6. The summed E-state index contributed by atoms with van der Waals surface area (Å²) in [7, 11) is 0. The van der Waals surface area contributed by atoms with Crippen LogP contribution in [0.3, 0.4) is 0 Å². The third-order valence-corrected chi connectivity index (χ3v) is 3.21. The van der Waals surface area contributed by atoms with Crippen molar-refractivity contribution in [1.82, 2.24) is 0 Å². The van der Waals surface area contributed by atoms with Gasteiger partial charge in [0.15, 0.2) is 12.4 Å². The van der Waals surface area contributed by atoms with E-state index in [2.05, 4.69) is 13.5 Å². The van der Waals surface area contributed by atoms with Crippen molar-refractivity contribution in [3.63, 3.8) is 0 Å². The van der Waals surface area contributed by atoms with Gasteiger partial charge in [-0.3, -0.25) is 9.59 Å². The van der Waals surface area contributed by atoms with Crippen LogP contribution in [0.1, 0.15) is 36.5 Å². The number of ketones is 1. The van der Waals surface area contributed by atoms with Gasteiger partial charge in [-0.15, -0.1) is 0 Å². The summed E-state index contributed by atoms with van der Waals surface area (Å²) in [5.74, 6) is -1.70. The molecule has 0 spiro atoms. The molecule has 0 saturated heterocycles. The number of hydrogen-bond donors (Lipinski definition) is 0. The minimum Gasteiger partial charge on any atom is -0.463 e. The van der Waals surface area contributed by atoms with Gasteiger partial charge in [0.2, 0.25) is 0 Å². The third kappa shape index (κ3) is 8.81. The molecule has 25 heavy (non-hydrogen) atoms. The highest BCUT2D eigenvalue weighted by Crippen LogP contribution is 2.05. The molecule has 0 aliphatic heterocycles. The fourth-order valence-electron chi connectivity index (χ4n) is 1.80. The molecule has 0 amide bonds. The molecule has 0 aliphatic carbocycles. The second-order valence-corrected chi connectivity index (χ2v) is 5.33. The number of hydrogen-bond acceptors (Lipinski definition) is 6. The van der Waals surface area contributed by atoms with Crippen LogP contribution in [0.15, 0.2) is 42.5 Å². The van der Waals surface area contributed by atoms with Crippen LogP contribution in [-0.4, -0.2) is 44.1 Å². The standard InChI is InChI=1S/C19H24O6/c1-3-4-10-23-11-12-24-18(21)13-15(2)19(22)25-14-17(20)16-8-6-5-7-9-16/h5-9H,2-4,10-14H2,1H3. The molecule has 1 rings (SSSR count). The van der Waals surface area contributed by atoms with Crippen LogP contribution in [0.5, 0.6) is 0 Å². The molecule has 1 aromatic carbocycles.